The summed E-state index contributed by atoms with van der Waals surface area (Å²) in [6.45, 7) is 3.30. The Labute approximate surface area is 234 Å². The van der Waals surface area contributed by atoms with Crippen LogP contribution in [0.25, 0.3) is 10.9 Å². The predicted molar refractivity (Wildman–Crippen MR) is 159 cm³/mol. The van der Waals surface area contributed by atoms with Crippen LogP contribution in [0, 0.1) is 0 Å². The first kappa shape index (κ1) is 27.4. The molecule has 208 valence electrons. The topological polar surface area (TPSA) is 91.7 Å². The number of carbonyl (C=O) groups excluding carboxylic acids is 2. The van der Waals surface area contributed by atoms with Crippen molar-refractivity contribution in [2.75, 3.05) is 57.7 Å². The largest absolute Gasteiger partial charge is 0.383 e. The van der Waals surface area contributed by atoms with Crippen LogP contribution in [0.3, 0.4) is 0 Å². The van der Waals surface area contributed by atoms with Gasteiger partial charge in [-0.3, -0.25) is 9.36 Å². The van der Waals surface area contributed by atoms with Crippen molar-refractivity contribution in [3.63, 3.8) is 0 Å². The Balaban J connectivity index is 1.33. The van der Waals surface area contributed by atoms with E-state index < -0.39 is 0 Å². The van der Waals surface area contributed by atoms with Crippen molar-refractivity contribution in [3.05, 3.63) is 84.2 Å². The maximum Gasteiger partial charge on any atom is 0.325 e. The van der Waals surface area contributed by atoms with Crippen LogP contribution in [0.5, 0.6) is 0 Å². The molecule has 2 N–H and O–H groups in total. The minimum atomic E-state index is -0.194. The van der Waals surface area contributed by atoms with Crippen molar-refractivity contribution in [2.45, 2.75) is 18.8 Å². The van der Waals surface area contributed by atoms with E-state index in [1.165, 1.54) is 5.56 Å². The number of hydrogen-bond acceptors (Lipinski definition) is 6. The molecule has 0 atom stereocenters. The molecule has 0 saturated carbocycles. The Hall–Kier alpha value is -4.21. The predicted octanol–water partition coefficient (Wildman–Crippen LogP) is 5.07. The zero-order chi connectivity index (χ0) is 28.1. The lowest BCUT2D eigenvalue weighted by molar-refractivity contribution is 0.102. The number of nitrogens with zero attached hydrogens (tertiary/aromatic N) is 4. The lowest BCUT2D eigenvalue weighted by atomic mass is 9.89. The molecule has 0 aliphatic carbocycles. The number of benzene rings is 2. The fraction of sp³-hybridized carbons (Fsp3) is 0.323. The number of hydrogen-bond donors (Lipinski definition) is 2. The lowest BCUT2D eigenvalue weighted by Crippen LogP contribution is -2.29. The molecule has 2 aromatic heterocycles. The van der Waals surface area contributed by atoms with Gasteiger partial charge in [0.25, 0.3) is 5.91 Å². The number of fused-ring (bicyclic) bond motifs is 1. The molecule has 3 heterocycles. The van der Waals surface area contributed by atoms with E-state index in [0.29, 0.717) is 30.5 Å². The second-order valence-electron chi connectivity index (χ2n) is 10.2. The first-order valence-corrected chi connectivity index (χ1v) is 13.6. The molecule has 2 amide bonds. The summed E-state index contributed by atoms with van der Waals surface area (Å²) in [4.78, 5) is 34.1. The van der Waals surface area contributed by atoms with E-state index >= 15 is 0 Å². The van der Waals surface area contributed by atoms with E-state index in [4.69, 9.17) is 4.74 Å². The quantitative estimate of drug-likeness (QED) is 0.324. The number of rotatable bonds is 8. The van der Waals surface area contributed by atoms with Gasteiger partial charge in [-0.15, -0.1) is 0 Å². The number of piperidine rings is 1. The Morgan fingerprint density at radius 3 is 2.50 bits per heavy atom. The second-order valence-corrected chi connectivity index (χ2v) is 10.2. The van der Waals surface area contributed by atoms with Crippen LogP contribution in [0.15, 0.2) is 73.1 Å². The van der Waals surface area contributed by atoms with Crippen LogP contribution in [0.1, 0.15) is 34.7 Å². The number of nitrogens with one attached hydrogen (secondary N) is 2. The van der Waals surface area contributed by atoms with E-state index in [9.17, 15) is 9.59 Å². The molecule has 9 heteroatoms. The zero-order valence-electron chi connectivity index (χ0n) is 23.3. The standard InChI is InChI=1S/C31H36N6O3/c1-32-31(39)37-17-13-25-20-26(8-9-28(25)37)36(18-19-40-3)27-10-14-33-29(21-27)34-30(38)24-6-4-22(5-7-24)23-11-15-35(2)16-12-23/h4-10,13-14,17,20-21,23H,11-12,15-16,18-19H2,1-3H3,(H,32,39)(H,33,34,38). The van der Waals surface area contributed by atoms with Gasteiger partial charge in [0, 0.05) is 61.5 Å². The van der Waals surface area contributed by atoms with Crippen molar-refractivity contribution in [1.29, 1.82) is 0 Å². The van der Waals surface area contributed by atoms with Gasteiger partial charge in [0.2, 0.25) is 0 Å². The summed E-state index contributed by atoms with van der Waals surface area (Å²) in [5.74, 6) is 0.822. The molecule has 1 aliphatic heterocycles. The average molecular weight is 541 g/mol. The summed E-state index contributed by atoms with van der Waals surface area (Å²) < 4.78 is 6.96. The number of carbonyl (C=O) groups is 2. The Kier molecular flexibility index (Phi) is 8.42. The molecule has 4 aromatic rings. The van der Waals surface area contributed by atoms with Crippen molar-refractivity contribution in [1.82, 2.24) is 19.8 Å². The van der Waals surface area contributed by atoms with E-state index in [0.717, 1.165) is 48.2 Å². The van der Waals surface area contributed by atoms with Gasteiger partial charge in [-0.1, -0.05) is 12.1 Å². The van der Waals surface area contributed by atoms with Crippen molar-refractivity contribution in [2.24, 2.45) is 0 Å². The van der Waals surface area contributed by atoms with Crippen LogP contribution in [0.2, 0.25) is 0 Å². The summed E-state index contributed by atoms with van der Waals surface area (Å²) >= 11 is 0. The van der Waals surface area contributed by atoms with E-state index in [2.05, 4.69) is 44.6 Å². The molecule has 1 saturated heterocycles. The summed E-state index contributed by atoms with van der Waals surface area (Å²) in [5, 5.41) is 6.55. The highest BCUT2D eigenvalue weighted by molar-refractivity contribution is 6.04. The first-order valence-electron chi connectivity index (χ1n) is 13.6. The number of likely N-dealkylation sites (tertiary alicyclic amines) is 1. The molecule has 40 heavy (non-hydrogen) atoms. The molecule has 0 spiro atoms. The molecule has 1 aliphatic rings. The molecule has 5 rings (SSSR count). The fourth-order valence-electron chi connectivity index (χ4n) is 5.28. The third-order valence-electron chi connectivity index (χ3n) is 7.60. The van der Waals surface area contributed by atoms with Gasteiger partial charge in [0.1, 0.15) is 5.82 Å². The van der Waals surface area contributed by atoms with E-state index in [1.807, 2.05) is 48.5 Å². The third-order valence-corrected chi connectivity index (χ3v) is 7.60. The van der Waals surface area contributed by atoms with Gasteiger partial charge in [-0.2, -0.15) is 0 Å². The highest BCUT2D eigenvalue weighted by Crippen LogP contribution is 2.31. The van der Waals surface area contributed by atoms with Crippen molar-refractivity contribution >= 4 is 40.0 Å². The normalized spacial score (nSPS) is 14.3. The lowest BCUT2D eigenvalue weighted by Gasteiger charge is -2.29. The number of ether oxygens (including phenoxy) is 1. The zero-order valence-corrected chi connectivity index (χ0v) is 23.3. The number of aromatic nitrogens is 2. The van der Waals surface area contributed by atoms with E-state index in [-0.39, 0.29) is 11.9 Å². The molecule has 0 radical (unpaired) electrons. The van der Waals surface area contributed by atoms with Gasteiger partial charge in [-0.05, 0) is 86.9 Å². The SMILES string of the molecule is CNC(=O)n1ccc2cc(N(CCOC)c3ccnc(NC(=O)c4ccc(C5CCN(C)CC5)cc4)c3)ccc21. The first-order chi connectivity index (χ1) is 19.5. The Bertz CT molecular complexity index is 1470. The third kappa shape index (κ3) is 6.00. The van der Waals surface area contributed by atoms with E-state index in [1.54, 1.807) is 31.1 Å². The monoisotopic (exact) mass is 540 g/mol. The maximum absolute atomic E-state index is 13.1. The fourth-order valence-corrected chi connectivity index (χ4v) is 5.28. The van der Waals surface area contributed by atoms with Gasteiger partial charge in [-0.25, -0.2) is 9.78 Å². The number of anilines is 3. The maximum atomic E-state index is 13.1. The van der Waals surface area contributed by atoms with Gasteiger partial charge in [0.05, 0.1) is 12.1 Å². The minimum absolute atomic E-state index is 0.190. The summed E-state index contributed by atoms with van der Waals surface area (Å²) in [6, 6.07) is 19.4. The highest BCUT2D eigenvalue weighted by Gasteiger charge is 2.19. The molecular formula is C31H36N6O3. The van der Waals surface area contributed by atoms with Crippen molar-refractivity contribution < 1.29 is 14.3 Å². The smallest absolute Gasteiger partial charge is 0.325 e. The number of amides is 2. The van der Waals surface area contributed by atoms with Crippen LogP contribution < -0.4 is 15.5 Å². The molecule has 0 unspecified atom stereocenters. The highest BCUT2D eigenvalue weighted by atomic mass is 16.5. The molecule has 2 aromatic carbocycles. The van der Waals surface area contributed by atoms with Gasteiger partial charge in [0.15, 0.2) is 0 Å². The molecule has 9 nitrogen and oxygen atoms in total. The second kappa shape index (κ2) is 12.3. The number of methoxy groups -OCH3 is 1. The van der Waals surface area contributed by atoms with Crippen molar-refractivity contribution in [3.8, 4) is 0 Å². The summed E-state index contributed by atoms with van der Waals surface area (Å²) in [6.07, 6.45) is 5.73. The Morgan fingerprint density at radius 2 is 1.77 bits per heavy atom. The Morgan fingerprint density at radius 1 is 1.02 bits per heavy atom. The molecular weight excluding hydrogens is 504 g/mol. The minimum Gasteiger partial charge on any atom is -0.383 e. The molecule has 1 fully saturated rings. The van der Waals surface area contributed by atoms with Crippen LogP contribution in [-0.2, 0) is 4.74 Å². The van der Waals surface area contributed by atoms with Gasteiger partial charge < -0.3 is 25.2 Å². The average Bonchev–Trinajstić information content (AvgIpc) is 3.41. The van der Waals surface area contributed by atoms with Crippen LogP contribution in [-0.4, -0.2) is 73.8 Å². The van der Waals surface area contributed by atoms with Crippen LogP contribution in [0.4, 0.5) is 22.0 Å². The molecule has 0 bridgehead atoms. The van der Waals surface area contributed by atoms with Crippen LogP contribution >= 0.6 is 0 Å². The summed E-state index contributed by atoms with van der Waals surface area (Å²) in [5.41, 5.74) is 4.52. The van der Waals surface area contributed by atoms with Gasteiger partial charge >= 0.3 is 6.03 Å². The number of pyridine rings is 1. The summed E-state index contributed by atoms with van der Waals surface area (Å²) in [7, 11) is 5.44.